The van der Waals surface area contributed by atoms with Gasteiger partial charge < -0.3 is 11.1 Å². The van der Waals surface area contributed by atoms with E-state index in [0.29, 0.717) is 10.8 Å². The number of rotatable bonds is 2. The van der Waals surface area contributed by atoms with E-state index in [0.717, 1.165) is 5.69 Å². The van der Waals surface area contributed by atoms with E-state index in [9.17, 15) is 4.79 Å². The van der Waals surface area contributed by atoms with Gasteiger partial charge >= 0.3 is 0 Å². The molecule has 5 heteroatoms. The summed E-state index contributed by atoms with van der Waals surface area (Å²) in [6, 6.07) is 9.22. The molecule has 0 unspecified atom stereocenters. The largest absolute Gasteiger partial charge is 0.375 e. The lowest BCUT2D eigenvalue weighted by molar-refractivity contribution is 0.102. The molecule has 0 aliphatic carbocycles. The van der Waals surface area contributed by atoms with Crippen molar-refractivity contribution in [3.8, 4) is 0 Å². The maximum Gasteiger partial charge on any atom is 0.275 e. The maximum absolute atomic E-state index is 11.6. The Balaban J connectivity index is 0.000000686. The van der Waals surface area contributed by atoms with Gasteiger partial charge in [0.2, 0.25) is 0 Å². The minimum atomic E-state index is -0.242. The van der Waals surface area contributed by atoms with E-state index in [1.165, 1.54) is 11.3 Å². The smallest absolute Gasteiger partial charge is 0.275 e. The minimum Gasteiger partial charge on any atom is -0.375 e. The molecule has 0 atom stereocenters. The molecule has 0 spiro atoms. The summed E-state index contributed by atoms with van der Waals surface area (Å²) >= 11 is 1.25. The zero-order chi connectivity index (χ0) is 12.7. The van der Waals surface area contributed by atoms with Crippen LogP contribution in [0.5, 0.6) is 0 Å². The zero-order valence-electron chi connectivity index (χ0n) is 9.81. The lowest BCUT2D eigenvalue weighted by atomic mass is 10.3. The summed E-state index contributed by atoms with van der Waals surface area (Å²) in [4.78, 5) is 15.5. The van der Waals surface area contributed by atoms with Crippen LogP contribution in [0.25, 0.3) is 0 Å². The fraction of sp³-hybridized carbons (Fsp3) is 0.167. The average molecular weight is 249 g/mol. The van der Waals surface area contributed by atoms with E-state index >= 15 is 0 Å². The lowest BCUT2D eigenvalue weighted by Gasteiger charge is -2.01. The Labute approximate surface area is 105 Å². The molecule has 4 nitrogen and oxygen atoms in total. The number of hydrogen-bond donors (Lipinski definition) is 2. The number of anilines is 2. The molecule has 17 heavy (non-hydrogen) atoms. The topological polar surface area (TPSA) is 68.0 Å². The summed E-state index contributed by atoms with van der Waals surface area (Å²) in [6.07, 6.45) is 0. The number of aromatic nitrogens is 1. The van der Waals surface area contributed by atoms with Crippen molar-refractivity contribution < 1.29 is 4.79 Å². The molecule has 0 saturated heterocycles. The number of amides is 1. The van der Waals surface area contributed by atoms with Gasteiger partial charge in [-0.05, 0) is 12.1 Å². The van der Waals surface area contributed by atoms with Gasteiger partial charge in [0.05, 0.1) is 0 Å². The number of thiazole rings is 1. The Bertz CT molecular complexity index is 468. The summed E-state index contributed by atoms with van der Waals surface area (Å²) < 4.78 is 0. The van der Waals surface area contributed by atoms with Crippen molar-refractivity contribution in [3.05, 3.63) is 41.4 Å². The Morgan fingerprint density at radius 1 is 1.29 bits per heavy atom. The summed E-state index contributed by atoms with van der Waals surface area (Å²) in [5, 5.41) is 4.75. The van der Waals surface area contributed by atoms with E-state index in [4.69, 9.17) is 5.73 Å². The third-order valence-electron chi connectivity index (χ3n) is 1.79. The molecule has 90 valence electrons. The fourth-order valence-electron chi connectivity index (χ4n) is 1.11. The molecule has 1 aromatic carbocycles. The van der Waals surface area contributed by atoms with Crippen LogP contribution >= 0.6 is 11.3 Å². The predicted molar refractivity (Wildman–Crippen MR) is 72.3 cm³/mol. The lowest BCUT2D eigenvalue weighted by Crippen LogP contribution is -2.12. The number of nitrogen functional groups attached to an aromatic ring is 1. The van der Waals surface area contributed by atoms with Gasteiger partial charge in [0, 0.05) is 11.1 Å². The van der Waals surface area contributed by atoms with Crippen LogP contribution in [0.2, 0.25) is 0 Å². The molecular formula is C12H15N3OS. The molecule has 0 bridgehead atoms. The Morgan fingerprint density at radius 3 is 2.47 bits per heavy atom. The number of hydrogen-bond acceptors (Lipinski definition) is 4. The van der Waals surface area contributed by atoms with Gasteiger partial charge in [0.1, 0.15) is 5.69 Å². The van der Waals surface area contributed by atoms with E-state index < -0.39 is 0 Å². The number of nitrogens with two attached hydrogens (primary N) is 1. The second kappa shape index (κ2) is 6.65. The Morgan fingerprint density at radius 2 is 1.94 bits per heavy atom. The van der Waals surface area contributed by atoms with Crippen LogP contribution in [0.4, 0.5) is 10.8 Å². The van der Waals surface area contributed by atoms with Gasteiger partial charge in [-0.25, -0.2) is 4.98 Å². The molecule has 1 aromatic heterocycles. The van der Waals surface area contributed by atoms with Crippen molar-refractivity contribution in [2.24, 2.45) is 0 Å². The molecule has 3 N–H and O–H groups in total. The predicted octanol–water partition coefficient (Wildman–Crippen LogP) is 3.00. The molecule has 0 aliphatic rings. The molecule has 0 fully saturated rings. The quantitative estimate of drug-likeness (QED) is 0.859. The van der Waals surface area contributed by atoms with Gasteiger partial charge in [-0.15, -0.1) is 11.3 Å². The van der Waals surface area contributed by atoms with Crippen LogP contribution in [0, 0.1) is 0 Å². The van der Waals surface area contributed by atoms with Crippen LogP contribution < -0.4 is 11.1 Å². The molecular weight excluding hydrogens is 234 g/mol. The third-order valence-corrected chi connectivity index (χ3v) is 2.46. The Hall–Kier alpha value is -1.88. The number of carbonyl (C=O) groups is 1. The zero-order valence-corrected chi connectivity index (χ0v) is 10.6. The number of benzene rings is 1. The van der Waals surface area contributed by atoms with Gasteiger partial charge in [0.15, 0.2) is 5.13 Å². The van der Waals surface area contributed by atoms with E-state index in [-0.39, 0.29) is 5.91 Å². The van der Waals surface area contributed by atoms with Gasteiger partial charge in [-0.1, -0.05) is 32.0 Å². The normalized spacial score (nSPS) is 9.06. The molecule has 0 aliphatic heterocycles. The summed E-state index contributed by atoms with van der Waals surface area (Å²) in [6.45, 7) is 4.00. The highest BCUT2D eigenvalue weighted by Crippen LogP contribution is 2.13. The molecule has 0 radical (unpaired) electrons. The number of carbonyl (C=O) groups excluding carboxylic acids is 1. The van der Waals surface area contributed by atoms with Crippen molar-refractivity contribution >= 4 is 28.1 Å². The van der Waals surface area contributed by atoms with E-state index in [1.807, 2.05) is 44.2 Å². The van der Waals surface area contributed by atoms with Crippen LogP contribution in [-0.4, -0.2) is 10.9 Å². The van der Waals surface area contributed by atoms with Crippen molar-refractivity contribution in [3.63, 3.8) is 0 Å². The highest BCUT2D eigenvalue weighted by Gasteiger charge is 2.09. The SMILES string of the molecule is CC.Nc1nc(C(=O)Nc2ccccc2)cs1. The molecule has 2 aromatic rings. The first-order valence-corrected chi connectivity index (χ1v) is 6.21. The maximum atomic E-state index is 11.6. The molecule has 2 rings (SSSR count). The number of nitrogens with zero attached hydrogens (tertiary/aromatic N) is 1. The minimum absolute atomic E-state index is 0.242. The summed E-state index contributed by atoms with van der Waals surface area (Å²) in [5.74, 6) is -0.242. The van der Waals surface area contributed by atoms with Gasteiger partial charge in [0.25, 0.3) is 5.91 Å². The highest BCUT2D eigenvalue weighted by atomic mass is 32.1. The molecule has 1 heterocycles. The van der Waals surface area contributed by atoms with Crippen molar-refractivity contribution in [1.82, 2.24) is 4.98 Å². The summed E-state index contributed by atoms with van der Waals surface area (Å²) in [7, 11) is 0. The highest BCUT2D eigenvalue weighted by molar-refractivity contribution is 7.13. The standard InChI is InChI=1S/C10H9N3OS.C2H6/c11-10-13-8(6-15-10)9(14)12-7-4-2-1-3-5-7;1-2/h1-6H,(H2,11,13)(H,12,14);1-2H3. The fourth-order valence-corrected chi connectivity index (χ4v) is 1.65. The Kier molecular flexibility index (Phi) is 5.16. The average Bonchev–Trinajstić information content (AvgIpc) is 2.80. The van der Waals surface area contributed by atoms with E-state index in [2.05, 4.69) is 10.3 Å². The third kappa shape index (κ3) is 3.88. The van der Waals surface area contributed by atoms with E-state index in [1.54, 1.807) is 5.38 Å². The summed E-state index contributed by atoms with van der Waals surface area (Å²) in [5.41, 5.74) is 6.53. The van der Waals surface area contributed by atoms with Crippen LogP contribution in [0.3, 0.4) is 0 Å². The number of nitrogens with one attached hydrogen (secondary N) is 1. The van der Waals surface area contributed by atoms with Crippen LogP contribution in [0.15, 0.2) is 35.7 Å². The van der Waals surface area contributed by atoms with Crippen molar-refractivity contribution in [2.75, 3.05) is 11.1 Å². The van der Waals surface area contributed by atoms with Gasteiger partial charge in [-0.3, -0.25) is 4.79 Å². The van der Waals surface area contributed by atoms with Crippen LogP contribution in [-0.2, 0) is 0 Å². The van der Waals surface area contributed by atoms with Crippen LogP contribution in [0.1, 0.15) is 24.3 Å². The molecule has 1 amide bonds. The second-order valence-electron chi connectivity index (χ2n) is 2.89. The first-order valence-electron chi connectivity index (χ1n) is 5.33. The first kappa shape index (κ1) is 13.2. The monoisotopic (exact) mass is 249 g/mol. The van der Waals surface area contributed by atoms with Gasteiger partial charge in [-0.2, -0.15) is 0 Å². The number of para-hydroxylation sites is 1. The van der Waals surface area contributed by atoms with Crippen molar-refractivity contribution in [2.45, 2.75) is 13.8 Å². The van der Waals surface area contributed by atoms with Crippen molar-refractivity contribution in [1.29, 1.82) is 0 Å². The first-order chi connectivity index (χ1) is 8.25. The molecule has 0 saturated carbocycles. The second-order valence-corrected chi connectivity index (χ2v) is 3.78.